The fourth-order valence-electron chi connectivity index (χ4n) is 1.01. The van der Waals surface area contributed by atoms with Gasteiger partial charge in [-0.05, 0) is 26.8 Å². The second-order valence-corrected chi connectivity index (χ2v) is 3.31. The summed E-state index contributed by atoms with van der Waals surface area (Å²) in [7, 11) is 1.51. The Hall–Kier alpha value is -0.610. The van der Waals surface area contributed by atoms with Crippen LogP contribution in [0.2, 0.25) is 0 Å². The number of rotatable bonds is 6. The molecule has 0 aromatic carbocycles. The van der Waals surface area contributed by atoms with Crippen molar-refractivity contribution in [2.45, 2.75) is 38.8 Å². The van der Waals surface area contributed by atoms with Crippen LogP contribution in [0.4, 0.5) is 0 Å². The van der Waals surface area contributed by atoms with Gasteiger partial charge in [-0.2, -0.15) is 0 Å². The first kappa shape index (κ1) is 12.4. The molecular weight excluding hydrogens is 170 g/mol. The van der Waals surface area contributed by atoms with Crippen LogP contribution in [0, 0.1) is 0 Å². The van der Waals surface area contributed by atoms with Gasteiger partial charge in [0.25, 0.3) is 0 Å². The smallest absolute Gasteiger partial charge is 0.326 e. The van der Waals surface area contributed by atoms with Gasteiger partial charge in [0.15, 0.2) is 0 Å². The third kappa shape index (κ3) is 2.97. The normalized spacial score (nSPS) is 17.8. The molecule has 0 aromatic rings. The summed E-state index contributed by atoms with van der Waals surface area (Å²) in [5, 5.41) is 12.0. The molecule has 2 atom stereocenters. The molecule has 2 N–H and O–H groups in total. The minimum Gasteiger partial charge on any atom is -0.480 e. The number of carboxylic acids is 1. The van der Waals surface area contributed by atoms with Crippen LogP contribution in [0.3, 0.4) is 0 Å². The van der Waals surface area contributed by atoms with Gasteiger partial charge in [0.05, 0.1) is 6.10 Å². The van der Waals surface area contributed by atoms with E-state index in [1.165, 1.54) is 7.11 Å². The van der Waals surface area contributed by atoms with Crippen LogP contribution in [0.5, 0.6) is 0 Å². The van der Waals surface area contributed by atoms with Crippen LogP contribution in [0.15, 0.2) is 0 Å². The maximum absolute atomic E-state index is 11.0. The summed E-state index contributed by atoms with van der Waals surface area (Å²) >= 11 is 0. The largest absolute Gasteiger partial charge is 0.480 e. The average Bonchev–Trinajstić information content (AvgIpc) is 2.12. The molecule has 0 aliphatic heterocycles. The molecule has 0 aromatic heterocycles. The van der Waals surface area contributed by atoms with Crippen LogP contribution in [-0.4, -0.2) is 36.4 Å². The van der Waals surface area contributed by atoms with Crippen molar-refractivity contribution in [1.29, 1.82) is 0 Å². The van der Waals surface area contributed by atoms with Crippen LogP contribution >= 0.6 is 0 Å². The molecule has 0 saturated carbocycles. The summed E-state index contributed by atoms with van der Waals surface area (Å²) in [6.45, 7) is 6.05. The lowest BCUT2D eigenvalue weighted by atomic mass is 9.96. The summed E-state index contributed by atoms with van der Waals surface area (Å²) in [4.78, 5) is 11.0. The molecule has 0 aliphatic rings. The lowest BCUT2D eigenvalue weighted by Gasteiger charge is -2.31. The van der Waals surface area contributed by atoms with Crippen molar-refractivity contribution in [3.05, 3.63) is 0 Å². The topological polar surface area (TPSA) is 58.6 Å². The molecule has 13 heavy (non-hydrogen) atoms. The molecule has 4 nitrogen and oxygen atoms in total. The number of nitrogens with one attached hydrogen (secondary N) is 1. The zero-order valence-corrected chi connectivity index (χ0v) is 8.76. The predicted molar refractivity (Wildman–Crippen MR) is 50.8 cm³/mol. The average molecular weight is 189 g/mol. The second-order valence-electron chi connectivity index (χ2n) is 3.31. The highest BCUT2D eigenvalue weighted by Gasteiger charge is 2.38. The third-order valence-electron chi connectivity index (χ3n) is 2.35. The number of hydrogen-bond donors (Lipinski definition) is 2. The van der Waals surface area contributed by atoms with E-state index in [4.69, 9.17) is 9.84 Å². The Bertz CT molecular complexity index is 172. The Labute approximate surface area is 79.3 Å². The quantitative estimate of drug-likeness (QED) is 0.650. The van der Waals surface area contributed by atoms with Crippen LogP contribution in [-0.2, 0) is 9.53 Å². The minimum absolute atomic E-state index is 0.350. The van der Waals surface area contributed by atoms with E-state index in [0.717, 1.165) is 6.42 Å². The SMILES string of the molecule is CCCNC(C)(C(=O)O)C(C)OC. The van der Waals surface area contributed by atoms with E-state index in [2.05, 4.69) is 5.32 Å². The van der Waals surface area contributed by atoms with Crippen molar-refractivity contribution in [3.63, 3.8) is 0 Å². The highest BCUT2D eigenvalue weighted by atomic mass is 16.5. The van der Waals surface area contributed by atoms with Crippen LogP contribution in [0.25, 0.3) is 0 Å². The Kier molecular flexibility index (Phi) is 4.95. The summed E-state index contributed by atoms with van der Waals surface area (Å²) in [6.07, 6.45) is 0.552. The number of carboxylic acid groups (broad SMARTS) is 1. The van der Waals surface area contributed by atoms with E-state index in [0.29, 0.717) is 6.54 Å². The number of carbonyl (C=O) groups is 1. The first-order chi connectivity index (χ1) is 5.99. The van der Waals surface area contributed by atoms with Crippen molar-refractivity contribution in [2.75, 3.05) is 13.7 Å². The molecule has 0 rings (SSSR count). The van der Waals surface area contributed by atoms with Crippen LogP contribution in [0.1, 0.15) is 27.2 Å². The lowest BCUT2D eigenvalue weighted by Crippen LogP contribution is -2.57. The zero-order chi connectivity index (χ0) is 10.5. The lowest BCUT2D eigenvalue weighted by molar-refractivity contribution is -0.149. The molecule has 0 spiro atoms. The van der Waals surface area contributed by atoms with E-state index in [1.54, 1.807) is 13.8 Å². The molecule has 0 fully saturated rings. The molecule has 0 saturated heterocycles. The van der Waals surface area contributed by atoms with Gasteiger partial charge in [-0.15, -0.1) is 0 Å². The summed E-state index contributed by atoms with van der Waals surface area (Å²) < 4.78 is 5.03. The Morgan fingerprint density at radius 3 is 2.54 bits per heavy atom. The Morgan fingerprint density at radius 2 is 2.23 bits per heavy atom. The van der Waals surface area contributed by atoms with Gasteiger partial charge in [-0.1, -0.05) is 6.92 Å². The minimum atomic E-state index is -0.995. The molecular formula is C9H19NO3. The van der Waals surface area contributed by atoms with Gasteiger partial charge in [0.1, 0.15) is 5.54 Å². The highest BCUT2D eigenvalue weighted by molar-refractivity contribution is 5.79. The molecule has 4 heteroatoms. The standard InChI is InChI=1S/C9H19NO3/c1-5-6-10-9(3,8(11)12)7(2)13-4/h7,10H,5-6H2,1-4H3,(H,11,12). The molecule has 0 radical (unpaired) electrons. The molecule has 2 unspecified atom stereocenters. The van der Waals surface area contributed by atoms with Crippen LogP contribution < -0.4 is 5.32 Å². The molecule has 0 amide bonds. The second kappa shape index (κ2) is 5.19. The zero-order valence-electron chi connectivity index (χ0n) is 8.76. The van der Waals surface area contributed by atoms with Gasteiger partial charge in [0.2, 0.25) is 0 Å². The monoisotopic (exact) mass is 189 g/mol. The third-order valence-corrected chi connectivity index (χ3v) is 2.35. The van der Waals surface area contributed by atoms with E-state index in [1.807, 2.05) is 6.92 Å². The van der Waals surface area contributed by atoms with Gasteiger partial charge in [0, 0.05) is 7.11 Å². The summed E-state index contributed by atoms with van der Waals surface area (Å²) in [5.74, 6) is -0.879. The van der Waals surface area contributed by atoms with Crippen molar-refractivity contribution in [2.24, 2.45) is 0 Å². The van der Waals surface area contributed by atoms with E-state index in [9.17, 15) is 4.79 Å². The first-order valence-electron chi connectivity index (χ1n) is 4.50. The maximum Gasteiger partial charge on any atom is 0.326 e. The molecule has 0 aliphatic carbocycles. The summed E-state index contributed by atoms with van der Waals surface area (Å²) in [6, 6.07) is 0. The summed E-state index contributed by atoms with van der Waals surface area (Å²) in [5.41, 5.74) is -0.995. The number of aliphatic carboxylic acids is 1. The van der Waals surface area contributed by atoms with E-state index < -0.39 is 11.5 Å². The van der Waals surface area contributed by atoms with Crippen molar-refractivity contribution < 1.29 is 14.6 Å². The molecule has 0 heterocycles. The fraction of sp³-hybridized carbons (Fsp3) is 0.889. The predicted octanol–water partition coefficient (Wildman–Crippen LogP) is 0.864. The number of hydrogen-bond acceptors (Lipinski definition) is 3. The molecule has 0 bridgehead atoms. The highest BCUT2D eigenvalue weighted by Crippen LogP contribution is 2.13. The van der Waals surface area contributed by atoms with Crippen molar-refractivity contribution in [1.82, 2.24) is 5.32 Å². The number of ether oxygens (including phenoxy) is 1. The van der Waals surface area contributed by atoms with Crippen molar-refractivity contribution in [3.8, 4) is 0 Å². The van der Waals surface area contributed by atoms with Crippen molar-refractivity contribution >= 4 is 5.97 Å². The van der Waals surface area contributed by atoms with Gasteiger partial charge in [-0.3, -0.25) is 10.1 Å². The first-order valence-corrected chi connectivity index (χ1v) is 4.50. The van der Waals surface area contributed by atoms with E-state index in [-0.39, 0.29) is 6.10 Å². The molecule has 78 valence electrons. The van der Waals surface area contributed by atoms with Gasteiger partial charge < -0.3 is 9.84 Å². The maximum atomic E-state index is 11.0. The fourth-order valence-corrected chi connectivity index (χ4v) is 1.01. The van der Waals surface area contributed by atoms with E-state index >= 15 is 0 Å². The Balaban J connectivity index is 4.42. The van der Waals surface area contributed by atoms with Gasteiger partial charge in [-0.25, -0.2) is 0 Å². The number of methoxy groups -OCH3 is 1. The Morgan fingerprint density at radius 1 is 1.69 bits per heavy atom. The van der Waals surface area contributed by atoms with Gasteiger partial charge >= 0.3 is 5.97 Å².